The number of para-hydroxylation sites is 1. The lowest BCUT2D eigenvalue weighted by atomic mass is 10.1. The molecule has 0 radical (unpaired) electrons. The van der Waals surface area contributed by atoms with E-state index in [-0.39, 0.29) is 10.8 Å². The summed E-state index contributed by atoms with van der Waals surface area (Å²) in [6, 6.07) is 20.3. The molecule has 0 spiro atoms. The Kier molecular flexibility index (Phi) is 7.88. The third-order valence-corrected chi connectivity index (χ3v) is 7.97. The number of hydrogen-bond donors (Lipinski definition) is 2. The van der Waals surface area contributed by atoms with Gasteiger partial charge in [-0.3, -0.25) is 14.4 Å². The van der Waals surface area contributed by atoms with Crippen LogP contribution in [0.15, 0.2) is 71.6 Å². The summed E-state index contributed by atoms with van der Waals surface area (Å²) in [5.41, 5.74) is 4.50. The van der Waals surface area contributed by atoms with Gasteiger partial charge >= 0.3 is 0 Å². The van der Waals surface area contributed by atoms with Crippen molar-refractivity contribution in [3.8, 4) is 0 Å². The van der Waals surface area contributed by atoms with Crippen molar-refractivity contribution in [3.05, 3.63) is 94.5 Å². The average Bonchev–Trinajstić information content (AvgIpc) is 2.85. The maximum atomic E-state index is 13.1. The Hall–Kier alpha value is -3.16. The van der Waals surface area contributed by atoms with Gasteiger partial charge in [-0.1, -0.05) is 55.0 Å². The van der Waals surface area contributed by atoms with E-state index in [1.165, 1.54) is 30.9 Å². The number of sulfonamides is 1. The summed E-state index contributed by atoms with van der Waals surface area (Å²) in [4.78, 5) is 15.4. The molecule has 0 atom stereocenters. The second-order valence-electron chi connectivity index (χ2n) is 9.24. The second-order valence-corrected chi connectivity index (χ2v) is 10.9. The van der Waals surface area contributed by atoms with Crippen LogP contribution in [0.3, 0.4) is 0 Å². The van der Waals surface area contributed by atoms with E-state index in [0.717, 1.165) is 30.8 Å². The van der Waals surface area contributed by atoms with Crippen LogP contribution in [0.1, 0.15) is 51.9 Å². The number of hydrogen-bond acceptors (Lipinski definition) is 4. The average molecular weight is 492 g/mol. The molecule has 184 valence electrons. The quantitative estimate of drug-likeness (QED) is 0.464. The fourth-order valence-electron chi connectivity index (χ4n) is 4.34. The van der Waals surface area contributed by atoms with Crippen LogP contribution in [0.2, 0.25) is 0 Å². The molecule has 1 saturated heterocycles. The van der Waals surface area contributed by atoms with Crippen molar-refractivity contribution in [2.24, 2.45) is 0 Å². The highest BCUT2D eigenvalue weighted by atomic mass is 32.2. The minimum atomic E-state index is -3.84. The Balaban J connectivity index is 1.40. The minimum Gasteiger partial charge on any atom is -0.348 e. The number of nitrogens with one attached hydrogen (secondary N) is 2. The van der Waals surface area contributed by atoms with Crippen LogP contribution in [-0.4, -0.2) is 32.3 Å². The van der Waals surface area contributed by atoms with E-state index in [1.807, 2.05) is 31.2 Å². The molecule has 1 aliphatic heterocycles. The summed E-state index contributed by atoms with van der Waals surface area (Å²) < 4.78 is 28.8. The van der Waals surface area contributed by atoms with Crippen molar-refractivity contribution in [2.75, 3.05) is 17.8 Å². The molecule has 1 heterocycles. The highest BCUT2D eigenvalue weighted by Crippen LogP contribution is 2.23. The molecule has 1 aliphatic rings. The summed E-state index contributed by atoms with van der Waals surface area (Å²) in [6.45, 7) is 7.22. The van der Waals surface area contributed by atoms with Crippen molar-refractivity contribution >= 4 is 21.6 Å². The predicted molar refractivity (Wildman–Crippen MR) is 140 cm³/mol. The van der Waals surface area contributed by atoms with E-state index in [0.29, 0.717) is 23.4 Å². The molecule has 1 fully saturated rings. The monoisotopic (exact) mass is 491 g/mol. The van der Waals surface area contributed by atoms with E-state index >= 15 is 0 Å². The summed E-state index contributed by atoms with van der Waals surface area (Å²) in [7, 11) is -3.84. The summed E-state index contributed by atoms with van der Waals surface area (Å²) in [5, 5.41) is 2.91. The molecule has 2 N–H and O–H groups in total. The van der Waals surface area contributed by atoms with Gasteiger partial charge in [0.15, 0.2) is 0 Å². The van der Waals surface area contributed by atoms with Crippen LogP contribution in [-0.2, 0) is 23.1 Å². The first-order chi connectivity index (χ1) is 16.8. The van der Waals surface area contributed by atoms with E-state index in [1.54, 1.807) is 31.2 Å². The zero-order valence-electron chi connectivity index (χ0n) is 20.4. The largest absolute Gasteiger partial charge is 0.348 e. The van der Waals surface area contributed by atoms with Gasteiger partial charge in [0.25, 0.3) is 15.9 Å². The Bertz CT molecular complexity index is 1280. The Morgan fingerprint density at radius 3 is 2.26 bits per heavy atom. The van der Waals surface area contributed by atoms with E-state index in [9.17, 15) is 13.2 Å². The van der Waals surface area contributed by atoms with Gasteiger partial charge in [-0.15, -0.1) is 0 Å². The van der Waals surface area contributed by atoms with Crippen molar-refractivity contribution in [1.29, 1.82) is 0 Å². The number of likely N-dealkylation sites (tertiary alicyclic amines) is 1. The fourth-order valence-corrected chi connectivity index (χ4v) is 5.74. The van der Waals surface area contributed by atoms with Gasteiger partial charge in [-0.25, -0.2) is 8.42 Å². The molecule has 3 aromatic carbocycles. The first-order valence-corrected chi connectivity index (χ1v) is 13.6. The fraction of sp³-hybridized carbons (Fsp3) is 0.321. The van der Waals surface area contributed by atoms with E-state index in [4.69, 9.17) is 0 Å². The van der Waals surface area contributed by atoms with Gasteiger partial charge in [0.2, 0.25) is 0 Å². The number of aryl methyl sites for hydroxylation is 2. The number of rotatable bonds is 8. The van der Waals surface area contributed by atoms with Gasteiger partial charge in [-0.05, 0) is 80.2 Å². The first-order valence-electron chi connectivity index (χ1n) is 12.1. The molecular weight excluding hydrogens is 458 g/mol. The Labute approximate surface area is 208 Å². The number of carbonyl (C=O) groups excluding carboxylic acids is 1. The molecule has 0 aromatic heterocycles. The number of amides is 1. The highest BCUT2D eigenvalue weighted by molar-refractivity contribution is 7.92. The molecular formula is C28H33N3O3S. The number of anilines is 1. The van der Waals surface area contributed by atoms with Gasteiger partial charge in [0.05, 0.1) is 10.6 Å². The molecule has 3 aromatic rings. The molecule has 35 heavy (non-hydrogen) atoms. The van der Waals surface area contributed by atoms with Crippen LogP contribution in [0.5, 0.6) is 0 Å². The highest BCUT2D eigenvalue weighted by Gasteiger charge is 2.20. The topological polar surface area (TPSA) is 78.5 Å². The SMILES string of the molecule is Cc1ccccc1NS(=O)(=O)c1cc(C(=O)NCc2ccc(CN3CCCCC3)cc2)ccc1C. The molecule has 0 bridgehead atoms. The third kappa shape index (κ3) is 6.50. The normalized spacial score (nSPS) is 14.5. The number of benzene rings is 3. The van der Waals surface area contributed by atoms with E-state index < -0.39 is 10.0 Å². The van der Waals surface area contributed by atoms with E-state index in [2.05, 4.69) is 27.1 Å². The first kappa shape index (κ1) is 24.9. The molecule has 0 saturated carbocycles. The van der Waals surface area contributed by atoms with Crippen molar-refractivity contribution in [3.63, 3.8) is 0 Å². The molecule has 7 heteroatoms. The molecule has 0 aliphatic carbocycles. The summed E-state index contributed by atoms with van der Waals surface area (Å²) in [5.74, 6) is -0.310. The maximum absolute atomic E-state index is 13.1. The van der Waals surface area contributed by atoms with Gasteiger partial charge in [0, 0.05) is 18.7 Å². The minimum absolute atomic E-state index is 0.0930. The standard InChI is InChI=1S/C28H33N3O3S/c1-21-8-4-5-9-26(21)30-35(33,34)27-18-25(15-10-22(27)2)28(32)29-19-23-11-13-24(14-12-23)20-31-16-6-3-7-17-31/h4-5,8-15,18,30H,3,6-7,16-17,19-20H2,1-2H3,(H,29,32). The van der Waals surface area contributed by atoms with Crippen LogP contribution in [0.25, 0.3) is 0 Å². The zero-order valence-corrected chi connectivity index (χ0v) is 21.2. The van der Waals surface area contributed by atoms with Gasteiger partial charge in [0.1, 0.15) is 0 Å². The lowest BCUT2D eigenvalue weighted by Gasteiger charge is -2.26. The van der Waals surface area contributed by atoms with Crippen LogP contribution >= 0.6 is 0 Å². The number of nitrogens with zero attached hydrogens (tertiary/aromatic N) is 1. The van der Waals surface area contributed by atoms with Gasteiger partial charge in [-0.2, -0.15) is 0 Å². The van der Waals surface area contributed by atoms with Crippen LogP contribution in [0.4, 0.5) is 5.69 Å². The Morgan fingerprint density at radius 1 is 0.857 bits per heavy atom. The zero-order chi connectivity index (χ0) is 24.8. The summed E-state index contributed by atoms with van der Waals surface area (Å²) in [6.07, 6.45) is 3.87. The Morgan fingerprint density at radius 2 is 1.54 bits per heavy atom. The van der Waals surface area contributed by atoms with Crippen molar-refractivity contribution < 1.29 is 13.2 Å². The lowest BCUT2D eigenvalue weighted by Crippen LogP contribution is -2.29. The number of piperidine rings is 1. The molecule has 4 rings (SSSR count). The third-order valence-electron chi connectivity index (χ3n) is 6.46. The molecule has 1 amide bonds. The lowest BCUT2D eigenvalue weighted by molar-refractivity contribution is 0.0950. The van der Waals surface area contributed by atoms with Crippen LogP contribution in [0, 0.1) is 13.8 Å². The predicted octanol–water partition coefficient (Wildman–Crippen LogP) is 5.02. The van der Waals surface area contributed by atoms with Crippen molar-refractivity contribution in [1.82, 2.24) is 10.2 Å². The van der Waals surface area contributed by atoms with Gasteiger partial charge < -0.3 is 5.32 Å². The maximum Gasteiger partial charge on any atom is 0.262 e. The smallest absolute Gasteiger partial charge is 0.262 e. The van der Waals surface area contributed by atoms with Crippen LogP contribution < -0.4 is 10.0 Å². The second kappa shape index (κ2) is 11.1. The molecule has 6 nitrogen and oxygen atoms in total. The summed E-state index contributed by atoms with van der Waals surface area (Å²) >= 11 is 0. The van der Waals surface area contributed by atoms with Crippen molar-refractivity contribution in [2.45, 2.75) is 51.1 Å². The number of carbonyl (C=O) groups is 1. The molecule has 0 unspecified atom stereocenters.